The van der Waals surface area contributed by atoms with Gasteiger partial charge in [0.15, 0.2) is 11.5 Å². The summed E-state index contributed by atoms with van der Waals surface area (Å²) in [5.41, 5.74) is 2.31. The molecule has 0 radical (unpaired) electrons. The van der Waals surface area contributed by atoms with Crippen molar-refractivity contribution in [2.24, 2.45) is 0 Å². The third kappa shape index (κ3) is 5.31. The SMILES string of the molecule is CN(C)CCNC(=O)/C=C/c1cccc(/C=C2\Oc3ccccc3NC2=O)c1. The second-order valence-corrected chi connectivity index (χ2v) is 6.66. The molecule has 1 aliphatic heterocycles. The van der Waals surface area contributed by atoms with Crippen molar-refractivity contribution >= 4 is 29.7 Å². The van der Waals surface area contributed by atoms with Gasteiger partial charge in [-0.15, -0.1) is 0 Å². The monoisotopic (exact) mass is 377 g/mol. The maximum Gasteiger partial charge on any atom is 0.291 e. The van der Waals surface area contributed by atoms with Crippen LogP contribution in [0.15, 0.2) is 60.4 Å². The molecule has 0 spiro atoms. The van der Waals surface area contributed by atoms with Gasteiger partial charge in [-0.05, 0) is 55.6 Å². The lowest BCUT2D eigenvalue weighted by Gasteiger charge is -2.19. The van der Waals surface area contributed by atoms with Crippen molar-refractivity contribution in [3.05, 3.63) is 71.5 Å². The third-order valence-electron chi connectivity index (χ3n) is 4.07. The Morgan fingerprint density at radius 2 is 1.93 bits per heavy atom. The number of likely N-dealkylation sites (N-methyl/N-ethyl adjacent to an activating group) is 1. The summed E-state index contributed by atoms with van der Waals surface area (Å²) in [6, 6.07) is 14.8. The Hall–Kier alpha value is -3.38. The zero-order chi connectivity index (χ0) is 19.9. The molecule has 1 heterocycles. The summed E-state index contributed by atoms with van der Waals surface area (Å²) >= 11 is 0. The van der Waals surface area contributed by atoms with Crippen LogP contribution >= 0.6 is 0 Å². The number of rotatable bonds is 6. The van der Waals surface area contributed by atoms with E-state index in [-0.39, 0.29) is 17.6 Å². The molecule has 0 atom stereocenters. The minimum atomic E-state index is -0.292. The number of amides is 2. The van der Waals surface area contributed by atoms with Gasteiger partial charge in [0, 0.05) is 19.2 Å². The van der Waals surface area contributed by atoms with E-state index in [1.54, 1.807) is 24.3 Å². The highest BCUT2D eigenvalue weighted by Crippen LogP contribution is 2.30. The van der Waals surface area contributed by atoms with Crippen LogP contribution in [0.2, 0.25) is 0 Å². The average molecular weight is 377 g/mol. The molecule has 1 aliphatic rings. The van der Waals surface area contributed by atoms with E-state index in [9.17, 15) is 9.59 Å². The van der Waals surface area contributed by atoms with Crippen LogP contribution in [0.1, 0.15) is 11.1 Å². The number of hydrogen-bond acceptors (Lipinski definition) is 4. The van der Waals surface area contributed by atoms with Crippen LogP contribution in [-0.2, 0) is 9.59 Å². The Kier molecular flexibility index (Phi) is 6.24. The molecule has 2 aromatic carbocycles. The van der Waals surface area contributed by atoms with Gasteiger partial charge in [0.1, 0.15) is 0 Å². The fourth-order valence-electron chi connectivity index (χ4n) is 2.64. The number of nitrogens with zero attached hydrogens (tertiary/aromatic N) is 1. The largest absolute Gasteiger partial charge is 0.449 e. The first-order valence-corrected chi connectivity index (χ1v) is 9.02. The Morgan fingerprint density at radius 1 is 1.14 bits per heavy atom. The van der Waals surface area contributed by atoms with Crippen LogP contribution in [0.4, 0.5) is 5.69 Å². The van der Waals surface area contributed by atoms with Gasteiger partial charge in [0.25, 0.3) is 5.91 Å². The Labute approximate surface area is 164 Å². The lowest BCUT2D eigenvalue weighted by atomic mass is 10.1. The molecule has 0 saturated heterocycles. The molecule has 2 amide bonds. The zero-order valence-corrected chi connectivity index (χ0v) is 15.9. The molecule has 28 heavy (non-hydrogen) atoms. The van der Waals surface area contributed by atoms with Gasteiger partial charge in [-0.3, -0.25) is 9.59 Å². The van der Waals surface area contributed by atoms with Gasteiger partial charge < -0.3 is 20.3 Å². The number of carbonyl (C=O) groups is 2. The normalized spacial score (nSPS) is 14.7. The topological polar surface area (TPSA) is 70.7 Å². The number of hydrogen-bond donors (Lipinski definition) is 2. The highest BCUT2D eigenvalue weighted by molar-refractivity contribution is 6.08. The van der Waals surface area contributed by atoms with Gasteiger partial charge >= 0.3 is 0 Å². The molecule has 2 aromatic rings. The lowest BCUT2D eigenvalue weighted by molar-refractivity contribution is -0.116. The maximum atomic E-state index is 12.2. The zero-order valence-electron chi connectivity index (χ0n) is 15.9. The maximum absolute atomic E-state index is 12.2. The first-order chi connectivity index (χ1) is 13.5. The van der Waals surface area contributed by atoms with Crippen molar-refractivity contribution in [2.75, 3.05) is 32.5 Å². The first-order valence-electron chi connectivity index (χ1n) is 9.02. The summed E-state index contributed by atoms with van der Waals surface area (Å²) < 4.78 is 5.71. The van der Waals surface area contributed by atoms with E-state index < -0.39 is 0 Å². The van der Waals surface area contributed by atoms with Crippen LogP contribution in [0.25, 0.3) is 12.2 Å². The van der Waals surface area contributed by atoms with Gasteiger partial charge in [0.2, 0.25) is 5.91 Å². The molecule has 0 aliphatic carbocycles. The molecule has 2 N–H and O–H groups in total. The summed E-state index contributed by atoms with van der Waals surface area (Å²) in [7, 11) is 3.91. The van der Waals surface area contributed by atoms with E-state index in [0.717, 1.165) is 17.7 Å². The second kappa shape index (κ2) is 9.01. The highest BCUT2D eigenvalue weighted by Gasteiger charge is 2.21. The fraction of sp³-hybridized carbons (Fsp3) is 0.182. The number of benzene rings is 2. The quantitative estimate of drug-likeness (QED) is 0.760. The molecule has 0 saturated carbocycles. The number of carbonyl (C=O) groups excluding carboxylic acids is 2. The molecule has 0 bridgehead atoms. The molecule has 0 fully saturated rings. The van der Waals surface area contributed by atoms with Crippen LogP contribution < -0.4 is 15.4 Å². The molecule has 6 nitrogen and oxygen atoms in total. The predicted octanol–water partition coefficient (Wildman–Crippen LogP) is 2.75. The third-order valence-corrected chi connectivity index (χ3v) is 4.07. The fourth-order valence-corrected chi connectivity index (χ4v) is 2.64. The van der Waals surface area contributed by atoms with Gasteiger partial charge in [-0.2, -0.15) is 0 Å². The summed E-state index contributed by atoms with van der Waals surface area (Å²) in [5, 5.41) is 5.64. The van der Waals surface area contributed by atoms with Crippen molar-refractivity contribution in [3.8, 4) is 5.75 Å². The summed E-state index contributed by atoms with van der Waals surface area (Å²) in [6.07, 6.45) is 4.92. The molecule has 6 heteroatoms. The molecular weight excluding hydrogens is 354 g/mol. The Bertz CT molecular complexity index is 932. The predicted molar refractivity (Wildman–Crippen MR) is 111 cm³/mol. The minimum absolute atomic E-state index is 0.141. The molecule has 144 valence electrons. The Morgan fingerprint density at radius 3 is 2.75 bits per heavy atom. The van der Waals surface area contributed by atoms with E-state index in [2.05, 4.69) is 10.6 Å². The molecule has 0 aromatic heterocycles. The highest BCUT2D eigenvalue weighted by atomic mass is 16.5. The van der Waals surface area contributed by atoms with Crippen LogP contribution in [-0.4, -0.2) is 43.9 Å². The van der Waals surface area contributed by atoms with E-state index in [1.807, 2.05) is 55.4 Å². The second-order valence-electron chi connectivity index (χ2n) is 6.66. The van der Waals surface area contributed by atoms with Crippen molar-refractivity contribution in [3.63, 3.8) is 0 Å². The summed E-state index contributed by atoms with van der Waals surface area (Å²) in [4.78, 5) is 26.1. The van der Waals surface area contributed by atoms with Crippen LogP contribution in [0, 0.1) is 0 Å². The minimum Gasteiger partial charge on any atom is -0.449 e. The van der Waals surface area contributed by atoms with E-state index >= 15 is 0 Å². The standard InChI is InChI=1S/C22H23N3O3/c1-25(2)13-12-23-21(26)11-10-16-6-5-7-17(14-16)15-20-22(27)24-18-8-3-4-9-19(18)28-20/h3-11,14-15H,12-13H2,1-2H3,(H,23,26)(H,24,27)/b11-10+,20-15-. The number of ether oxygens (including phenoxy) is 1. The molecule has 0 unspecified atom stereocenters. The molecular formula is C22H23N3O3. The lowest BCUT2D eigenvalue weighted by Crippen LogP contribution is -2.30. The van der Waals surface area contributed by atoms with Crippen molar-refractivity contribution in [2.45, 2.75) is 0 Å². The van der Waals surface area contributed by atoms with Gasteiger partial charge in [-0.1, -0.05) is 30.3 Å². The number of anilines is 1. The number of fused-ring (bicyclic) bond motifs is 1. The van der Waals surface area contributed by atoms with Gasteiger partial charge in [-0.25, -0.2) is 0 Å². The molecule has 3 rings (SSSR count). The summed E-state index contributed by atoms with van der Waals surface area (Å²) in [5.74, 6) is 0.400. The van der Waals surface area contributed by atoms with E-state index in [1.165, 1.54) is 6.08 Å². The van der Waals surface area contributed by atoms with Crippen LogP contribution in [0.3, 0.4) is 0 Å². The van der Waals surface area contributed by atoms with Crippen LogP contribution in [0.5, 0.6) is 5.75 Å². The number of nitrogens with one attached hydrogen (secondary N) is 2. The summed E-state index contributed by atoms with van der Waals surface area (Å²) in [6.45, 7) is 1.38. The van der Waals surface area contributed by atoms with Gasteiger partial charge in [0.05, 0.1) is 5.69 Å². The smallest absolute Gasteiger partial charge is 0.291 e. The first kappa shape index (κ1) is 19.4. The number of para-hydroxylation sites is 2. The Balaban J connectivity index is 1.68. The van der Waals surface area contributed by atoms with Crippen molar-refractivity contribution in [1.82, 2.24) is 10.2 Å². The van der Waals surface area contributed by atoms with Crippen molar-refractivity contribution in [1.29, 1.82) is 0 Å². The average Bonchev–Trinajstić information content (AvgIpc) is 2.67. The van der Waals surface area contributed by atoms with Crippen molar-refractivity contribution < 1.29 is 14.3 Å². The van der Waals surface area contributed by atoms with E-state index in [0.29, 0.717) is 18.0 Å². The van der Waals surface area contributed by atoms with E-state index in [4.69, 9.17) is 4.74 Å².